The van der Waals surface area contributed by atoms with E-state index in [4.69, 9.17) is 11.6 Å². The molecular formula is C24H20ClN3O3. The van der Waals surface area contributed by atoms with E-state index in [1.165, 1.54) is 6.08 Å². The van der Waals surface area contributed by atoms with Crippen LogP contribution in [0.5, 0.6) is 0 Å². The van der Waals surface area contributed by atoms with Crippen LogP contribution in [0.2, 0.25) is 5.02 Å². The molecule has 156 valence electrons. The molecule has 1 saturated heterocycles. The highest BCUT2D eigenvalue weighted by Crippen LogP contribution is 2.25. The van der Waals surface area contributed by atoms with E-state index in [9.17, 15) is 14.4 Å². The highest BCUT2D eigenvalue weighted by molar-refractivity contribution is 6.39. The first-order valence-electron chi connectivity index (χ1n) is 9.83. The zero-order valence-corrected chi connectivity index (χ0v) is 17.8. The van der Waals surface area contributed by atoms with E-state index in [0.29, 0.717) is 16.4 Å². The predicted octanol–water partition coefficient (Wildman–Crippen LogP) is 4.67. The molecule has 1 fully saturated rings. The molecule has 1 aliphatic rings. The largest absolute Gasteiger partial charge is 0.335 e. The van der Waals surface area contributed by atoms with Gasteiger partial charge in [0.25, 0.3) is 11.8 Å². The van der Waals surface area contributed by atoms with Crippen LogP contribution in [0.15, 0.2) is 66.4 Å². The molecule has 2 aromatic carbocycles. The minimum atomic E-state index is -0.767. The zero-order chi connectivity index (χ0) is 22.1. The van der Waals surface area contributed by atoms with Crippen molar-refractivity contribution in [1.82, 2.24) is 9.88 Å². The van der Waals surface area contributed by atoms with Gasteiger partial charge in [-0.1, -0.05) is 36.7 Å². The molecule has 2 heterocycles. The molecule has 31 heavy (non-hydrogen) atoms. The molecule has 0 saturated carbocycles. The number of nitrogens with one attached hydrogen (secondary N) is 1. The summed E-state index contributed by atoms with van der Waals surface area (Å²) in [6, 6.07) is 15.5. The number of rotatable bonds is 4. The molecule has 0 atom stereocenters. The van der Waals surface area contributed by atoms with Crippen LogP contribution in [0.1, 0.15) is 23.7 Å². The van der Waals surface area contributed by atoms with E-state index >= 15 is 0 Å². The number of hydrogen-bond donors (Lipinski definition) is 1. The van der Waals surface area contributed by atoms with Crippen LogP contribution < -0.4 is 10.2 Å². The average molecular weight is 434 g/mol. The maximum Gasteiger partial charge on any atom is 0.335 e. The SMILES string of the molecule is CCc1ccc(N2C(=O)NC(=O)/C(=C\c3cccn3-c3ccc(C)c(Cl)c3)C2=O)cc1. The minimum Gasteiger partial charge on any atom is -0.317 e. The van der Waals surface area contributed by atoms with E-state index < -0.39 is 17.8 Å². The Kier molecular flexibility index (Phi) is 5.48. The van der Waals surface area contributed by atoms with Gasteiger partial charge in [-0.3, -0.25) is 14.9 Å². The first-order chi connectivity index (χ1) is 14.9. The van der Waals surface area contributed by atoms with Gasteiger partial charge in [-0.2, -0.15) is 0 Å². The lowest BCUT2D eigenvalue weighted by atomic mass is 10.1. The van der Waals surface area contributed by atoms with E-state index in [2.05, 4.69) is 5.32 Å². The quantitative estimate of drug-likeness (QED) is 0.480. The van der Waals surface area contributed by atoms with Gasteiger partial charge in [0.2, 0.25) is 0 Å². The number of imide groups is 2. The predicted molar refractivity (Wildman–Crippen MR) is 120 cm³/mol. The van der Waals surface area contributed by atoms with Crippen molar-refractivity contribution in [3.8, 4) is 5.69 Å². The number of urea groups is 1. The summed E-state index contributed by atoms with van der Waals surface area (Å²) in [5, 5.41) is 2.87. The Hall–Kier alpha value is -3.64. The zero-order valence-electron chi connectivity index (χ0n) is 17.1. The molecule has 1 N–H and O–H groups in total. The summed E-state index contributed by atoms with van der Waals surface area (Å²) in [5.41, 5.74) is 3.70. The molecule has 0 bridgehead atoms. The Bertz CT molecular complexity index is 1230. The van der Waals surface area contributed by atoms with Crippen LogP contribution in [-0.2, 0) is 16.0 Å². The molecule has 0 aliphatic carbocycles. The van der Waals surface area contributed by atoms with Crippen LogP contribution in [-0.4, -0.2) is 22.4 Å². The van der Waals surface area contributed by atoms with Gasteiger partial charge >= 0.3 is 6.03 Å². The number of aryl methyl sites for hydroxylation is 2. The number of aromatic nitrogens is 1. The van der Waals surface area contributed by atoms with E-state index in [1.54, 1.807) is 24.3 Å². The van der Waals surface area contributed by atoms with Crippen LogP contribution in [0.3, 0.4) is 0 Å². The van der Waals surface area contributed by atoms with Crippen molar-refractivity contribution in [2.24, 2.45) is 0 Å². The topological polar surface area (TPSA) is 71.4 Å². The molecule has 7 heteroatoms. The molecular weight excluding hydrogens is 414 g/mol. The lowest BCUT2D eigenvalue weighted by Crippen LogP contribution is -2.54. The summed E-state index contributed by atoms with van der Waals surface area (Å²) in [7, 11) is 0. The number of benzene rings is 2. The molecule has 4 amide bonds. The fourth-order valence-corrected chi connectivity index (χ4v) is 3.57. The Balaban J connectivity index is 1.73. The Labute approximate surface area is 184 Å². The summed E-state index contributed by atoms with van der Waals surface area (Å²) < 4.78 is 1.82. The minimum absolute atomic E-state index is 0.127. The maximum absolute atomic E-state index is 13.1. The van der Waals surface area contributed by atoms with Gasteiger partial charge in [-0.25, -0.2) is 9.69 Å². The van der Waals surface area contributed by atoms with Gasteiger partial charge < -0.3 is 4.57 Å². The number of nitrogens with zero attached hydrogens (tertiary/aromatic N) is 2. The van der Waals surface area contributed by atoms with Crippen LogP contribution in [0, 0.1) is 6.92 Å². The highest BCUT2D eigenvalue weighted by atomic mass is 35.5. The summed E-state index contributed by atoms with van der Waals surface area (Å²) in [4.78, 5) is 39.0. The molecule has 0 radical (unpaired) electrons. The van der Waals surface area contributed by atoms with Gasteiger partial charge in [0.15, 0.2) is 0 Å². The van der Waals surface area contributed by atoms with Crippen molar-refractivity contribution in [3.63, 3.8) is 0 Å². The summed E-state index contributed by atoms with van der Waals surface area (Å²) in [5.74, 6) is -1.40. The van der Waals surface area contributed by atoms with E-state index in [1.807, 2.05) is 54.9 Å². The van der Waals surface area contributed by atoms with Crippen LogP contribution in [0.4, 0.5) is 10.5 Å². The molecule has 1 aromatic heterocycles. The number of carbonyl (C=O) groups excluding carboxylic acids is 3. The molecule has 6 nitrogen and oxygen atoms in total. The molecule has 4 rings (SSSR count). The third-order valence-electron chi connectivity index (χ3n) is 5.21. The molecule has 0 unspecified atom stereocenters. The maximum atomic E-state index is 13.1. The first kappa shape index (κ1) is 20.6. The normalized spacial score (nSPS) is 15.5. The van der Waals surface area contributed by atoms with Crippen LogP contribution >= 0.6 is 11.6 Å². The summed E-state index contributed by atoms with van der Waals surface area (Å²) >= 11 is 6.25. The molecule has 3 aromatic rings. The van der Waals surface area contributed by atoms with Gasteiger partial charge in [-0.15, -0.1) is 0 Å². The Morgan fingerprint density at radius 2 is 1.71 bits per heavy atom. The fourth-order valence-electron chi connectivity index (χ4n) is 3.40. The van der Waals surface area contributed by atoms with Gasteiger partial charge in [0, 0.05) is 22.6 Å². The van der Waals surface area contributed by atoms with E-state index in [0.717, 1.165) is 28.1 Å². The number of barbiturate groups is 1. The third kappa shape index (κ3) is 3.90. The van der Waals surface area contributed by atoms with Crippen molar-refractivity contribution < 1.29 is 14.4 Å². The first-order valence-corrected chi connectivity index (χ1v) is 10.2. The average Bonchev–Trinajstić information content (AvgIpc) is 3.22. The molecule has 0 spiro atoms. The number of hydrogen-bond acceptors (Lipinski definition) is 3. The van der Waals surface area contributed by atoms with Crippen molar-refractivity contribution in [2.75, 3.05) is 4.90 Å². The van der Waals surface area contributed by atoms with E-state index in [-0.39, 0.29) is 5.57 Å². The number of halogens is 1. The summed E-state index contributed by atoms with van der Waals surface area (Å²) in [6.45, 7) is 3.93. The van der Waals surface area contributed by atoms with Gasteiger partial charge in [0.05, 0.1) is 5.69 Å². The Morgan fingerprint density at radius 1 is 1.00 bits per heavy atom. The summed E-state index contributed by atoms with van der Waals surface area (Å²) in [6.07, 6.45) is 4.13. The Morgan fingerprint density at radius 3 is 2.39 bits per heavy atom. The number of amides is 4. The monoisotopic (exact) mass is 433 g/mol. The van der Waals surface area contributed by atoms with Gasteiger partial charge in [0.1, 0.15) is 5.57 Å². The lowest BCUT2D eigenvalue weighted by Gasteiger charge is -2.26. The van der Waals surface area contributed by atoms with Crippen molar-refractivity contribution in [2.45, 2.75) is 20.3 Å². The second-order valence-corrected chi connectivity index (χ2v) is 7.62. The fraction of sp³-hybridized carbons (Fsp3) is 0.125. The highest BCUT2D eigenvalue weighted by Gasteiger charge is 2.37. The third-order valence-corrected chi connectivity index (χ3v) is 5.62. The van der Waals surface area contributed by atoms with Crippen molar-refractivity contribution in [3.05, 3.63) is 88.2 Å². The van der Waals surface area contributed by atoms with Crippen molar-refractivity contribution in [1.29, 1.82) is 0 Å². The lowest BCUT2D eigenvalue weighted by molar-refractivity contribution is -0.122. The second-order valence-electron chi connectivity index (χ2n) is 7.21. The van der Waals surface area contributed by atoms with Crippen molar-refractivity contribution >= 4 is 41.2 Å². The van der Waals surface area contributed by atoms with Crippen LogP contribution in [0.25, 0.3) is 11.8 Å². The number of anilines is 1. The number of carbonyl (C=O) groups is 3. The molecule has 1 aliphatic heterocycles. The van der Waals surface area contributed by atoms with Gasteiger partial charge in [-0.05, 0) is 66.9 Å². The standard InChI is InChI=1S/C24H20ClN3O3/c1-3-16-7-10-17(11-8-16)28-23(30)20(22(29)26-24(28)31)13-18-5-4-12-27(18)19-9-6-15(2)21(25)14-19/h4-14H,3H2,1-2H3,(H,26,29,31)/b20-13+. The second kappa shape index (κ2) is 8.24. The smallest absolute Gasteiger partial charge is 0.317 e.